The number of para-hydroxylation sites is 1. The number of imidazole rings is 2. The van der Waals surface area contributed by atoms with E-state index in [1.165, 1.54) is 7.11 Å². The second kappa shape index (κ2) is 6.52. The lowest BCUT2D eigenvalue weighted by molar-refractivity contribution is 0.0603. The van der Waals surface area contributed by atoms with Crippen LogP contribution in [0.4, 0.5) is 11.8 Å². The molecule has 0 bridgehead atoms. The van der Waals surface area contributed by atoms with Crippen LogP contribution in [0.3, 0.4) is 0 Å². The van der Waals surface area contributed by atoms with Crippen LogP contribution in [0.5, 0.6) is 0 Å². The number of benzene rings is 1. The van der Waals surface area contributed by atoms with E-state index in [-0.39, 0.29) is 5.97 Å². The molecule has 142 valence electrons. The molecule has 9 heteroatoms. The molecule has 9 nitrogen and oxygen atoms in total. The molecule has 2 N–H and O–H groups in total. The number of nitrogens with one attached hydrogen (secondary N) is 2. The summed E-state index contributed by atoms with van der Waals surface area (Å²) in [6.45, 7) is 3.25. The summed E-state index contributed by atoms with van der Waals surface area (Å²) in [5.74, 6) is 1.31. The van der Waals surface area contributed by atoms with Crippen molar-refractivity contribution >= 4 is 39.9 Å². The Morgan fingerprint density at radius 3 is 2.68 bits per heavy atom. The molecule has 0 atom stereocenters. The molecular formula is C19H19N7O2. The Bertz CT molecular complexity index is 1160. The van der Waals surface area contributed by atoms with E-state index in [4.69, 9.17) is 4.74 Å². The number of hydrogen-bond acceptors (Lipinski definition) is 7. The summed E-state index contributed by atoms with van der Waals surface area (Å²) in [6.07, 6.45) is 1.66. The highest BCUT2D eigenvalue weighted by molar-refractivity contribution is 6.02. The summed E-state index contributed by atoms with van der Waals surface area (Å²) in [7, 11) is 1.38. The highest BCUT2D eigenvalue weighted by Gasteiger charge is 2.22. The minimum absolute atomic E-state index is 0.381. The molecule has 0 saturated carbocycles. The van der Waals surface area contributed by atoms with Gasteiger partial charge in [0.2, 0.25) is 5.95 Å². The Balaban J connectivity index is 1.35. The molecule has 1 fully saturated rings. The van der Waals surface area contributed by atoms with Gasteiger partial charge < -0.3 is 24.5 Å². The normalized spacial score (nSPS) is 14.8. The van der Waals surface area contributed by atoms with Gasteiger partial charge in [-0.2, -0.15) is 0 Å². The number of carbonyl (C=O) groups is 1. The molecule has 5 rings (SSSR count). The summed E-state index contributed by atoms with van der Waals surface area (Å²) in [5.41, 5.74) is 3.60. The van der Waals surface area contributed by atoms with E-state index in [2.05, 4.69) is 34.7 Å². The number of nitrogens with zero attached hydrogens (tertiary/aromatic N) is 5. The number of esters is 1. The Morgan fingerprint density at radius 2 is 1.86 bits per heavy atom. The molecule has 1 aliphatic rings. The number of hydrogen-bond donors (Lipinski definition) is 2. The lowest BCUT2D eigenvalue weighted by Crippen LogP contribution is -2.47. The standard InChI is InChI=1S/C19H19N7O2/c1-28-18(27)12-3-2-4-13-16(12)24-19(22-13)26-9-7-25(8-10-26)15-6-5-14-17(23-15)21-11-20-14/h2-6,11H,7-10H2,1H3,(H,22,24)(H,20,21,23). The average Bonchev–Trinajstić information content (AvgIpc) is 3.39. The van der Waals surface area contributed by atoms with Gasteiger partial charge >= 0.3 is 5.97 Å². The first kappa shape index (κ1) is 16.5. The molecule has 0 spiro atoms. The van der Waals surface area contributed by atoms with Gasteiger partial charge in [-0.25, -0.2) is 19.7 Å². The Hall–Kier alpha value is -3.62. The number of rotatable bonds is 3. The van der Waals surface area contributed by atoms with Crippen LogP contribution >= 0.6 is 0 Å². The molecule has 0 aliphatic carbocycles. The maximum Gasteiger partial charge on any atom is 0.340 e. The Labute approximate surface area is 160 Å². The van der Waals surface area contributed by atoms with Crippen LogP contribution in [-0.2, 0) is 4.74 Å². The fraction of sp³-hybridized carbons (Fsp3) is 0.263. The minimum Gasteiger partial charge on any atom is -0.465 e. The number of anilines is 2. The van der Waals surface area contributed by atoms with Crippen molar-refractivity contribution in [3.05, 3.63) is 42.2 Å². The molecule has 1 saturated heterocycles. The number of carbonyl (C=O) groups excluding carboxylic acids is 1. The summed E-state index contributed by atoms with van der Waals surface area (Å²) >= 11 is 0. The van der Waals surface area contributed by atoms with Crippen molar-refractivity contribution in [1.82, 2.24) is 24.9 Å². The van der Waals surface area contributed by atoms with Crippen molar-refractivity contribution < 1.29 is 9.53 Å². The van der Waals surface area contributed by atoms with E-state index < -0.39 is 0 Å². The van der Waals surface area contributed by atoms with E-state index in [1.54, 1.807) is 12.4 Å². The zero-order valence-electron chi connectivity index (χ0n) is 15.3. The second-order valence-corrected chi connectivity index (χ2v) is 6.67. The fourth-order valence-electron chi connectivity index (χ4n) is 3.58. The number of aromatic amines is 2. The average molecular weight is 377 g/mol. The topological polar surface area (TPSA) is 103 Å². The SMILES string of the molecule is COC(=O)c1cccc2[nH]c(N3CCN(c4ccc5[nH]cnc5n4)CC3)nc12. The predicted molar refractivity (Wildman–Crippen MR) is 106 cm³/mol. The van der Waals surface area contributed by atoms with Gasteiger partial charge in [-0.15, -0.1) is 0 Å². The summed E-state index contributed by atoms with van der Waals surface area (Å²) in [5, 5.41) is 0. The van der Waals surface area contributed by atoms with Crippen LogP contribution < -0.4 is 9.80 Å². The minimum atomic E-state index is -0.381. The van der Waals surface area contributed by atoms with Crippen molar-refractivity contribution in [3.8, 4) is 0 Å². The maximum atomic E-state index is 12.0. The number of aromatic nitrogens is 5. The largest absolute Gasteiger partial charge is 0.465 e. The van der Waals surface area contributed by atoms with Crippen LogP contribution in [0, 0.1) is 0 Å². The van der Waals surface area contributed by atoms with Crippen LogP contribution in [-0.4, -0.2) is 64.2 Å². The lowest BCUT2D eigenvalue weighted by atomic mass is 10.2. The van der Waals surface area contributed by atoms with Crippen LogP contribution in [0.1, 0.15) is 10.4 Å². The van der Waals surface area contributed by atoms with Gasteiger partial charge in [-0.3, -0.25) is 0 Å². The van der Waals surface area contributed by atoms with Crippen molar-refractivity contribution in [3.63, 3.8) is 0 Å². The molecule has 1 aliphatic heterocycles. The fourth-order valence-corrected chi connectivity index (χ4v) is 3.58. The van der Waals surface area contributed by atoms with E-state index in [1.807, 2.05) is 24.3 Å². The van der Waals surface area contributed by atoms with Crippen LogP contribution in [0.25, 0.3) is 22.2 Å². The van der Waals surface area contributed by atoms with E-state index in [0.717, 1.165) is 54.6 Å². The number of piperazine rings is 1. The third kappa shape index (κ3) is 2.72. The highest BCUT2D eigenvalue weighted by atomic mass is 16.5. The predicted octanol–water partition coefficient (Wildman–Crippen LogP) is 1.95. The van der Waals surface area contributed by atoms with Gasteiger partial charge in [0.15, 0.2) is 5.65 Å². The van der Waals surface area contributed by atoms with Crippen molar-refractivity contribution in [1.29, 1.82) is 0 Å². The quantitative estimate of drug-likeness (QED) is 0.526. The number of fused-ring (bicyclic) bond motifs is 2. The first-order chi connectivity index (χ1) is 13.7. The molecule has 0 amide bonds. The summed E-state index contributed by atoms with van der Waals surface area (Å²) < 4.78 is 4.86. The van der Waals surface area contributed by atoms with Gasteiger partial charge in [0.05, 0.1) is 30.0 Å². The second-order valence-electron chi connectivity index (χ2n) is 6.67. The summed E-state index contributed by atoms with van der Waals surface area (Å²) in [6, 6.07) is 9.49. The molecule has 28 heavy (non-hydrogen) atoms. The maximum absolute atomic E-state index is 12.0. The molecule has 1 aromatic carbocycles. The number of H-pyrrole nitrogens is 2. The first-order valence-electron chi connectivity index (χ1n) is 9.10. The molecule has 0 unspecified atom stereocenters. The van der Waals surface area contributed by atoms with Crippen LogP contribution in [0.15, 0.2) is 36.7 Å². The van der Waals surface area contributed by atoms with Crippen LogP contribution in [0.2, 0.25) is 0 Å². The monoisotopic (exact) mass is 377 g/mol. The van der Waals surface area contributed by atoms with Crippen molar-refractivity contribution in [2.75, 3.05) is 43.1 Å². The van der Waals surface area contributed by atoms with E-state index in [0.29, 0.717) is 11.1 Å². The van der Waals surface area contributed by atoms with Gasteiger partial charge in [-0.05, 0) is 24.3 Å². The Kier molecular flexibility index (Phi) is 3.85. The van der Waals surface area contributed by atoms with Gasteiger partial charge in [0, 0.05) is 26.2 Å². The van der Waals surface area contributed by atoms with Crippen molar-refractivity contribution in [2.45, 2.75) is 0 Å². The molecule has 4 heterocycles. The zero-order chi connectivity index (χ0) is 19.1. The molecule has 3 aromatic heterocycles. The zero-order valence-corrected chi connectivity index (χ0v) is 15.3. The molecule has 4 aromatic rings. The van der Waals surface area contributed by atoms with Crippen molar-refractivity contribution in [2.24, 2.45) is 0 Å². The number of ether oxygens (including phenoxy) is 1. The van der Waals surface area contributed by atoms with E-state index in [9.17, 15) is 4.79 Å². The van der Waals surface area contributed by atoms with Gasteiger partial charge in [-0.1, -0.05) is 6.07 Å². The number of pyridine rings is 1. The third-order valence-electron chi connectivity index (χ3n) is 5.08. The molecular weight excluding hydrogens is 358 g/mol. The third-order valence-corrected chi connectivity index (χ3v) is 5.08. The van der Waals surface area contributed by atoms with Gasteiger partial charge in [0.1, 0.15) is 11.3 Å². The summed E-state index contributed by atoms with van der Waals surface area (Å²) in [4.78, 5) is 36.3. The first-order valence-corrected chi connectivity index (χ1v) is 9.10. The lowest BCUT2D eigenvalue weighted by Gasteiger charge is -2.35. The van der Waals surface area contributed by atoms with Gasteiger partial charge in [0.25, 0.3) is 0 Å². The smallest absolute Gasteiger partial charge is 0.340 e. The highest BCUT2D eigenvalue weighted by Crippen LogP contribution is 2.23. The van der Waals surface area contributed by atoms with E-state index >= 15 is 0 Å². The number of methoxy groups -OCH3 is 1. The molecule has 0 radical (unpaired) electrons. The Morgan fingerprint density at radius 1 is 1.04 bits per heavy atom.